The molecule has 0 radical (unpaired) electrons. The Morgan fingerprint density at radius 2 is 1.81 bits per heavy atom. The van der Waals surface area contributed by atoms with Gasteiger partial charge in [-0.1, -0.05) is 23.9 Å². The highest BCUT2D eigenvalue weighted by Crippen LogP contribution is 2.39. The number of carbonyl (C=O) groups excluding carboxylic acids is 1. The second-order valence-corrected chi connectivity index (χ2v) is 10.6. The first-order chi connectivity index (χ1) is 15.2. The van der Waals surface area contributed by atoms with Crippen molar-refractivity contribution in [3.05, 3.63) is 66.1 Å². The number of nitrogens with two attached hydrogens (primary N) is 1. The van der Waals surface area contributed by atoms with Gasteiger partial charge >= 0.3 is 0 Å². The van der Waals surface area contributed by atoms with Crippen LogP contribution in [0.15, 0.2) is 70.2 Å². The second kappa shape index (κ2) is 8.94. The van der Waals surface area contributed by atoms with Crippen molar-refractivity contribution in [3.8, 4) is 11.1 Å². The SMILES string of the molecule is CC(Sc1ncnc2scc(-c3ccc(F)cc3)c12)C(=O)Nc1ccc(S(N)(=O)=O)cc1. The summed E-state index contributed by atoms with van der Waals surface area (Å²) in [6.07, 6.45) is 1.45. The third-order valence-corrected chi connectivity index (χ3v) is 7.51. The predicted octanol–water partition coefficient (Wildman–Crippen LogP) is 4.26. The fourth-order valence-electron chi connectivity index (χ4n) is 2.97. The number of thioether (sulfide) groups is 1. The first-order valence-corrected chi connectivity index (χ1v) is 12.6. The quantitative estimate of drug-likeness (QED) is 0.309. The summed E-state index contributed by atoms with van der Waals surface area (Å²) in [4.78, 5) is 22.1. The number of amides is 1. The summed E-state index contributed by atoms with van der Waals surface area (Å²) in [7, 11) is -3.80. The second-order valence-electron chi connectivity index (χ2n) is 6.83. The van der Waals surface area contributed by atoms with Crippen LogP contribution in [0.3, 0.4) is 0 Å². The van der Waals surface area contributed by atoms with Crippen molar-refractivity contribution in [3.63, 3.8) is 0 Å². The summed E-state index contributed by atoms with van der Waals surface area (Å²) in [6.45, 7) is 1.75. The number of aromatic nitrogens is 2. The predicted molar refractivity (Wildman–Crippen MR) is 125 cm³/mol. The number of rotatable bonds is 6. The largest absolute Gasteiger partial charge is 0.325 e. The van der Waals surface area contributed by atoms with Crippen molar-refractivity contribution < 1.29 is 17.6 Å². The van der Waals surface area contributed by atoms with Crippen LogP contribution in [0.4, 0.5) is 10.1 Å². The number of carbonyl (C=O) groups is 1. The minimum atomic E-state index is -3.80. The van der Waals surface area contributed by atoms with E-state index in [0.29, 0.717) is 10.7 Å². The van der Waals surface area contributed by atoms with Crippen LogP contribution in [0.2, 0.25) is 0 Å². The molecule has 0 fully saturated rings. The lowest BCUT2D eigenvalue weighted by atomic mass is 10.1. The van der Waals surface area contributed by atoms with Gasteiger partial charge in [0.25, 0.3) is 0 Å². The molecule has 3 N–H and O–H groups in total. The number of anilines is 1. The maximum Gasteiger partial charge on any atom is 0.238 e. The molecule has 32 heavy (non-hydrogen) atoms. The Morgan fingerprint density at radius 1 is 1.12 bits per heavy atom. The Bertz CT molecular complexity index is 1390. The molecule has 1 amide bonds. The van der Waals surface area contributed by atoms with Crippen molar-refractivity contribution in [1.82, 2.24) is 9.97 Å². The molecule has 0 saturated carbocycles. The summed E-state index contributed by atoms with van der Waals surface area (Å²) in [5, 5.41) is 10.7. The van der Waals surface area contributed by atoms with Gasteiger partial charge in [-0.25, -0.2) is 27.9 Å². The molecule has 1 unspecified atom stereocenters. The maximum atomic E-state index is 13.3. The smallest absolute Gasteiger partial charge is 0.238 e. The fraction of sp³-hybridized carbons (Fsp3) is 0.0952. The minimum Gasteiger partial charge on any atom is -0.325 e. The molecule has 0 aliphatic heterocycles. The van der Waals surface area contributed by atoms with Crippen LogP contribution >= 0.6 is 23.1 Å². The first kappa shape index (κ1) is 22.3. The van der Waals surface area contributed by atoms with E-state index in [2.05, 4.69) is 15.3 Å². The molecule has 0 spiro atoms. The standard InChI is InChI=1S/C21H17FN4O3S3/c1-12(19(27)26-15-6-8-16(9-7-15)32(23,28)29)31-21-18-17(10-30-20(18)24-11-25-21)13-2-4-14(22)5-3-13/h2-12H,1H3,(H,26,27)(H2,23,28,29). The lowest BCUT2D eigenvalue weighted by molar-refractivity contribution is -0.115. The number of hydrogen-bond acceptors (Lipinski definition) is 7. The molecule has 2 aromatic carbocycles. The average Bonchev–Trinajstić information content (AvgIpc) is 3.19. The van der Waals surface area contributed by atoms with Crippen LogP contribution in [-0.2, 0) is 14.8 Å². The third kappa shape index (κ3) is 4.80. The van der Waals surface area contributed by atoms with E-state index in [9.17, 15) is 17.6 Å². The number of primary sulfonamides is 1. The number of nitrogens with zero attached hydrogens (tertiary/aromatic N) is 2. The Hall–Kier alpha value is -2.86. The van der Waals surface area contributed by atoms with Gasteiger partial charge in [0.15, 0.2) is 0 Å². The minimum absolute atomic E-state index is 0.0351. The number of nitrogens with one attached hydrogen (secondary N) is 1. The van der Waals surface area contributed by atoms with Gasteiger partial charge in [0.2, 0.25) is 15.9 Å². The lowest BCUT2D eigenvalue weighted by Gasteiger charge is -2.13. The average molecular weight is 489 g/mol. The van der Waals surface area contributed by atoms with E-state index in [-0.39, 0.29) is 16.6 Å². The van der Waals surface area contributed by atoms with Crippen molar-refractivity contribution in [2.75, 3.05) is 5.32 Å². The van der Waals surface area contributed by atoms with Crippen molar-refractivity contribution >= 4 is 54.9 Å². The molecule has 164 valence electrons. The summed E-state index contributed by atoms with van der Waals surface area (Å²) in [5.41, 5.74) is 2.16. The highest BCUT2D eigenvalue weighted by Gasteiger charge is 2.20. The zero-order valence-corrected chi connectivity index (χ0v) is 19.1. The number of hydrogen-bond donors (Lipinski definition) is 2. The van der Waals surface area contributed by atoms with Crippen LogP contribution < -0.4 is 10.5 Å². The maximum absolute atomic E-state index is 13.3. The molecule has 0 bridgehead atoms. The topological polar surface area (TPSA) is 115 Å². The van der Waals surface area contributed by atoms with Crippen LogP contribution in [0, 0.1) is 5.82 Å². The molecule has 4 rings (SSSR count). The molecule has 2 aromatic heterocycles. The van der Waals surface area contributed by atoms with Gasteiger partial charge < -0.3 is 5.32 Å². The van der Waals surface area contributed by atoms with Gasteiger partial charge in [-0.3, -0.25) is 4.79 Å². The fourth-order valence-corrected chi connectivity index (χ4v) is 5.40. The van der Waals surface area contributed by atoms with Gasteiger partial charge in [0.1, 0.15) is 22.0 Å². The molecule has 2 heterocycles. The Morgan fingerprint density at radius 3 is 2.47 bits per heavy atom. The summed E-state index contributed by atoms with van der Waals surface area (Å²) < 4.78 is 36.1. The number of fused-ring (bicyclic) bond motifs is 1. The zero-order valence-electron chi connectivity index (χ0n) is 16.7. The van der Waals surface area contributed by atoms with E-state index in [1.807, 2.05) is 5.38 Å². The summed E-state index contributed by atoms with van der Waals surface area (Å²) in [5.74, 6) is -0.592. The zero-order chi connectivity index (χ0) is 22.9. The Kier molecular flexibility index (Phi) is 6.24. The van der Waals surface area contributed by atoms with E-state index >= 15 is 0 Å². The van der Waals surface area contributed by atoms with Gasteiger partial charge in [-0.15, -0.1) is 11.3 Å². The Labute approximate surface area is 192 Å². The molecular formula is C21H17FN4O3S3. The van der Waals surface area contributed by atoms with E-state index in [4.69, 9.17) is 5.14 Å². The van der Waals surface area contributed by atoms with E-state index < -0.39 is 15.3 Å². The number of sulfonamides is 1. The number of halogens is 1. The molecule has 7 nitrogen and oxygen atoms in total. The monoisotopic (exact) mass is 488 g/mol. The van der Waals surface area contributed by atoms with Crippen molar-refractivity contribution in [2.45, 2.75) is 22.1 Å². The van der Waals surface area contributed by atoms with Gasteiger partial charge in [0.05, 0.1) is 15.5 Å². The van der Waals surface area contributed by atoms with Crippen LogP contribution in [0.5, 0.6) is 0 Å². The van der Waals surface area contributed by atoms with Crippen molar-refractivity contribution in [2.24, 2.45) is 5.14 Å². The molecule has 4 aromatic rings. The Balaban J connectivity index is 1.56. The van der Waals surface area contributed by atoms with E-state index in [1.165, 1.54) is 65.8 Å². The first-order valence-electron chi connectivity index (χ1n) is 9.31. The number of thiophene rings is 1. The molecule has 1 atom stereocenters. The molecule has 11 heteroatoms. The highest BCUT2D eigenvalue weighted by molar-refractivity contribution is 8.00. The van der Waals surface area contributed by atoms with Crippen molar-refractivity contribution in [1.29, 1.82) is 0 Å². The lowest BCUT2D eigenvalue weighted by Crippen LogP contribution is -2.22. The van der Waals surface area contributed by atoms with Gasteiger partial charge in [-0.05, 0) is 48.9 Å². The van der Waals surface area contributed by atoms with E-state index in [0.717, 1.165) is 21.3 Å². The number of benzene rings is 2. The highest BCUT2D eigenvalue weighted by atomic mass is 32.2. The summed E-state index contributed by atoms with van der Waals surface area (Å²) >= 11 is 2.73. The van der Waals surface area contributed by atoms with Crippen LogP contribution in [-0.4, -0.2) is 29.5 Å². The molecule has 0 aliphatic carbocycles. The molecule has 0 aliphatic rings. The van der Waals surface area contributed by atoms with Crippen LogP contribution in [0.1, 0.15) is 6.92 Å². The van der Waals surface area contributed by atoms with Gasteiger partial charge in [0, 0.05) is 16.6 Å². The molecule has 0 saturated heterocycles. The third-order valence-electron chi connectivity index (χ3n) is 4.60. The van der Waals surface area contributed by atoms with Gasteiger partial charge in [-0.2, -0.15) is 0 Å². The molecular weight excluding hydrogens is 471 g/mol. The van der Waals surface area contributed by atoms with E-state index in [1.54, 1.807) is 19.1 Å². The summed E-state index contributed by atoms with van der Waals surface area (Å²) in [6, 6.07) is 11.8. The van der Waals surface area contributed by atoms with Crippen LogP contribution in [0.25, 0.3) is 21.3 Å². The normalized spacial score (nSPS) is 12.6.